The topological polar surface area (TPSA) is 52.7 Å². The number of carbonyl (C=O) groups is 2. The van der Waals surface area contributed by atoms with E-state index in [1.165, 1.54) is 11.3 Å². The fourth-order valence-electron chi connectivity index (χ4n) is 3.84. The van der Waals surface area contributed by atoms with Gasteiger partial charge in [0.1, 0.15) is 0 Å². The normalized spacial score (nSPS) is 14.0. The first-order valence-electron chi connectivity index (χ1n) is 10.9. The zero-order valence-corrected chi connectivity index (χ0v) is 19.6. The molecule has 166 valence electrons. The molecule has 1 aromatic heterocycles. The number of nitrogens with one attached hydrogen (secondary N) is 1. The molecule has 0 saturated heterocycles. The van der Waals surface area contributed by atoms with Crippen molar-refractivity contribution in [1.82, 2.24) is 4.90 Å². The number of nitrogens with zero attached hydrogens (tertiary/aromatic N) is 2. The highest BCUT2D eigenvalue weighted by atomic mass is 32.1. The van der Waals surface area contributed by atoms with Crippen LogP contribution < -0.4 is 10.2 Å². The van der Waals surface area contributed by atoms with Gasteiger partial charge in [-0.05, 0) is 60.5 Å². The zero-order chi connectivity index (χ0) is 22.7. The third kappa shape index (κ3) is 5.02. The number of benzene rings is 2. The van der Waals surface area contributed by atoms with Crippen LogP contribution in [-0.4, -0.2) is 30.8 Å². The van der Waals surface area contributed by atoms with E-state index in [4.69, 9.17) is 0 Å². The van der Waals surface area contributed by atoms with E-state index in [1.54, 1.807) is 0 Å². The van der Waals surface area contributed by atoms with Gasteiger partial charge in [0, 0.05) is 37.9 Å². The molecule has 1 fully saturated rings. The maximum Gasteiger partial charge on any atom is 0.264 e. The lowest BCUT2D eigenvalue weighted by Gasteiger charge is -2.31. The molecule has 2 aromatic carbocycles. The van der Waals surface area contributed by atoms with Crippen molar-refractivity contribution in [3.05, 3.63) is 82.0 Å². The van der Waals surface area contributed by atoms with Crippen molar-refractivity contribution in [2.24, 2.45) is 5.92 Å². The SMILES string of the molecule is CC(c1ccccc1)N(Cc1cc(NC(=O)C2CC2)ccc1N(C)C)C(=O)c1cccs1. The molecule has 1 saturated carbocycles. The van der Waals surface area contributed by atoms with Crippen molar-refractivity contribution in [2.45, 2.75) is 32.4 Å². The van der Waals surface area contributed by atoms with Crippen LogP contribution in [0.3, 0.4) is 0 Å². The lowest BCUT2D eigenvalue weighted by molar-refractivity contribution is -0.117. The highest BCUT2D eigenvalue weighted by molar-refractivity contribution is 7.12. The minimum atomic E-state index is -0.106. The van der Waals surface area contributed by atoms with E-state index in [0.717, 1.165) is 40.2 Å². The number of hydrogen-bond acceptors (Lipinski definition) is 4. The molecule has 1 unspecified atom stereocenters. The number of hydrogen-bond donors (Lipinski definition) is 1. The van der Waals surface area contributed by atoms with E-state index in [9.17, 15) is 9.59 Å². The van der Waals surface area contributed by atoms with Crippen LogP contribution in [0.1, 0.15) is 46.6 Å². The smallest absolute Gasteiger partial charge is 0.264 e. The fourth-order valence-corrected chi connectivity index (χ4v) is 4.52. The van der Waals surface area contributed by atoms with Crippen molar-refractivity contribution >= 4 is 34.5 Å². The molecule has 1 N–H and O–H groups in total. The van der Waals surface area contributed by atoms with Crippen molar-refractivity contribution in [2.75, 3.05) is 24.3 Å². The number of carbonyl (C=O) groups excluding carboxylic acids is 2. The van der Waals surface area contributed by atoms with E-state index in [2.05, 4.69) is 24.4 Å². The van der Waals surface area contributed by atoms with Crippen LogP contribution in [0.5, 0.6) is 0 Å². The van der Waals surface area contributed by atoms with Crippen molar-refractivity contribution in [3.63, 3.8) is 0 Å². The Morgan fingerprint density at radius 1 is 1.06 bits per heavy atom. The van der Waals surface area contributed by atoms with Gasteiger partial charge in [-0.1, -0.05) is 36.4 Å². The van der Waals surface area contributed by atoms with E-state index in [-0.39, 0.29) is 23.8 Å². The monoisotopic (exact) mass is 447 g/mol. The molecule has 5 nitrogen and oxygen atoms in total. The Bertz CT molecular complexity index is 1080. The molecule has 1 aliphatic carbocycles. The summed E-state index contributed by atoms with van der Waals surface area (Å²) in [5.41, 5.74) is 3.88. The van der Waals surface area contributed by atoms with Gasteiger partial charge in [-0.3, -0.25) is 9.59 Å². The maximum absolute atomic E-state index is 13.5. The Balaban J connectivity index is 1.68. The average Bonchev–Trinajstić information content (AvgIpc) is 3.51. The average molecular weight is 448 g/mol. The third-order valence-electron chi connectivity index (χ3n) is 5.86. The highest BCUT2D eigenvalue weighted by Crippen LogP contribution is 2.33. The molecule has 0 spiro atoms. The Labute approximate surface area is 193 Å². The third-order valence-corrected chi connectivity index (χ3v) is 6.72. The van der Waals surface area contributed by atoms with Crippen molar-refractivity contribution in [3.8, 4) is 0 Å². The lowest BCUT2D eigenvalue weighted by Crippen LogP contribution is -2.33. The molecule has 3 aromatic rings. The number of anilines is 2. The van der Waals surface area contributed by atoms with Crippen LogP contribution in [0.25, 0.3) is 0 Å². The summed E-state index contributed by atoms with van der Waals surface area (Å²) in [4.78, 5) is 30.5. The van der Waals surface area contributed by atoms with Crippen LogP contribution in [0.4, 0.5) is 11.4 Å². The molecule has 4 rings (SSSR count). The second-order valence-electron chi connectivity index (χ2n) is 8.50. The standard InChI is InChI=1S/C26H29N3O2S/c1-18(19-8-5-4-6-9-19)29(26(31)24-10-7-15-32-24)17-21-16-22(13-14-23(21)28(2)3)27-25(30)20-11-12-20/h4-10,13-16,18,20H,11-12,17H2,1-3H3,(H,27,30). The summed E-state index contributed by atoms with van der Waals surface area (Å²) in [5, 5.41) is 4.97. The summed E-state index contributed by atoms with van der Waals surface area (Å²) >= 11 is 1.46. The summed E-state index contributed by atoms with van der Waals surface area (Å²) in [6.45, 7) is 2.50. The molecule has 32 heavy (non-hydrogen) atoms. The van der Waals surface area contributed by atoms with E-state index in [0.29, 0.717) is 6.54 Å². The molecule has 6 heteroatoms. The lowest BCUT2D eigenvalue weighted by atomic mass is 10.0. The van der Waals surface area contributed by atoms with Gasteiger partial charge < -0.3 is 15.1 Å². The van der Waals surface area contributed by atoms with Gasteiger partial charge >= 0.3 is 0 Å². The maximum atomic E-state index is 13.5. The van der Waals surface area contributed by atoms with Crippen LogP contribution in [0, 0.1) is 5.92 Å². The quantitative estimate of drug-likeness (QED) is 0.491. The zero-order valence-electron chi connectivity index (χ0n) is 18.7. The molecule has 1 atom stereocenters. The van der Waals surface area contributed by atoms with Crippen LogP contribution in [-0.2, 0) is 11.3 Å². The van der Waals surface area contributed by atoms with E-state index in [1.807, 2.05) is 77.8 Å². The van der Waals surface area contributed by atoms with Gasteiger partial charge in [0.05, 0.1) is 10.9 Å². The van der Waals surface area contributed by atoms with Crippen LogP contribution in [0.2, 0.25) is 0 Å². The number of rotatable bonds is 8. The Kier molecular flexibility index (Phi) is 6.61. The summed E-state index contributed by atoms with van der Waals surface area (Å²) in [7, 11) is 3.99. The fraction of sp³-hybridized carbons (Fsp3) is 0.308. The highest BCUT2D eigenvalue weighted by Gasteiger charge is 2.30. The van der Waals surface area contributed by atoms with Crippen LogP contribution >= 0.6 is 11.3 Å². The molecule has 2 amide bonds. The molecule has 1 heterocycles. The summed E-state index contributed by atoms with van der Waals surface area (Å²) < 4.78 is 0. The Morgan fingerprint density at radius 3 is 2.44 bits per heavy atom. The first kappa shape index (κ1) is 22.1. The molecule has 0 radical (unpaired) electrons. The Morgan fingerprint density at radius 2 is 1.81 bits per heavy atom. The van der Waals surface area contributed by atoms with E-state index < -0.39 is 0 Å². The molecule has 0 bridgehead atoms. The largest absolute Gasteiger partial charge is 0.377 e. The van der Waals surface area contributed by atoms with Crippen LogP contribution in [0.15, 0.2) is 66.0 Å². The minimum absolute atomic E-state index is 0.00785. The first-order valence-corrected chi connectivity index (χ1v) is 11.8. The second kappa shape index (κ2) is 9.57. The predicted molar refractivity (Wildman–Crippen MR) is 131 cm³/mol. The molecular weight excluding hydrogens is 418 g/mol. The van der Waals surface area contributed by atoms with Gasteiger partial charge in [-0.15, -0.1) is 11.3 Å². The second-order valence-corrected chi connectivity index (χ2v) is 9.45. The molecular formula is C26H29N3O2S. The van der Waals surface area contributed by atoms with Crippen molar-refractivity contribution < 1.29 is 9.59 Å². The van der Waals surface area contributed by atoms with Gasteiger partial charge in [0.15, 0.2) is 0 Å². The predicted octanol–water partition coefficient (Wildman–Crippen LogP) is 5.57. The minimum Gasteiger partial charge on any atom is -0.377 e. The van der Waals surface area contributed by atoms with E-state index >= 15 is 0 Å². The summed E-state index contributed by atoms with van der Waals surface area (Å²) in [6.07, 6.45) is 1.93. The first-order chi connectivity index (χ1) is 15.4. The van der Waals surface area contributed by atoms with Gasteiger partial charge in [0.2, 0.25) is 5.91 Å². The van der Waals surface area contributed by atoms with Gasteiger partial charge in [-0.25, -0.2) is 0 Å². The summed E-state index contributed by atoms with van der Waals surface area (Å²) in [6, 6.07) is 19.7. The van der Waals surface area contributed by atoms with Gasteiger partial charge in [0.25, 0.3) is 5.91 Å². The number of thiophene rings is 1. The van der Waals surface area contributed by atoms with Crippen molar-refractivity contribution in [1.29, 1.82) is 0 Å². The Hall–Kier alpha value is -3.12. The number of amides is 2. The van der Waals surface area contributed by atoms with Gasteiger partial charge in [-0.2, -0.15) is 0 Å². The molecule has 0 aliphatic heterocycles. The molecule has 1 aliphatic rings. The summed E-state index contributed by atoms with van der Waals surface area (Å²) in [5.74, 6) is 0.230.